The zero-order valence-corrected chi connectivity index (χ0v) is 17.9. The Morgan fingerprint density at radius 1 is 0.800 bits per heavy atom. The lowest BCUT2D eigenvalue weighted by molar-refractivity contribution is -0.153. The minimum Gasteiger partial charge on any atom is -0.462 e. The summed E-state index contributed by atoms with van der Waals surface area (Å²) in [6.45, 7) is 12.9. The summed E-state index contributed by atoms with van der Waals surface area (Å²) in [4.78, 5) is 12.6. The van der Waals surface area contributed by atoms with Crippen LogP contribution in [0, 0.1) is 17.8 Å². The number of ether oxygens (including phenoxy) is 1. The molecule has 0 bridgehead atoms. The lowest BCUT2D eigenvalue weighted by Gasteiger charge is -2.20. The number of carbonyl (C=O) groups excluding carboxylic acids is 1. The maximum Gasteiger partial charge on any atom is 0.313 e. The summed E-state index contributed by atoms with van der Waals surface area (Å²) in [5.74, 6) is 0.805. The fourth-order valence-corrected chi connectivity index (χ4v) is 2.80. The van der Waals surface area contributed by atoms with Crippen LogP contribution in [0.4, 0.5) is 0 Å². The Labute approximate surface area is 157 Å². The highest BCUT2D eigenvalue weighted by Crippen LogP contribution is 2.19. The Morgan fingerprint density at radius 2 is 1.36 bits per heavy atom. The molecule has 0 aliphatic heterocycles. The van der Waals surface area contributed by atoms with E-state index < -0.39 is 0 Å². The zero-order valence-electron chi connectivity index (χ0n) is 17.9. The Bertz CT molecular complexity index is 346. The second kappa shape index (κ2) is 15.5. The van der Waals surface area contributed by atoms with Crippen molar-refractivity contribution in [2.24, 2.45) is 17.8 Å². The van der Waals surface area contributed by atoms with E-state index in [4.69, 9.17) is 4.74 Å². The van der Waals surface area contributed by atoms with Crippen LogP contribution >= 0.6 is 0 Å². The molecule has 0 N–H and O–H groups in total. The molecule has 0 fully saturated rings. The van der Waals surface area contributed by atoms with Crippen molar-refractivity contribution < 1.29 is 9.53 Å². The van der Waals surface area contributed by atoms with E-state index in [9.17, 15) is 4.79 Å². The van der Waals surface area contributed by atoms with Gasteiger partial charge in [0.25, 0.3) is 0 Å². The Hall–Kier alpha value is -0.790. The van der Waals surface area contributed by atoms with E-state index in [1.807, 2.05) is 6.92 Å². The van der Waals surface area contributed by atoms with Crippen LogP contribution in [-0.4, -0.2) is 12.1 Å². The Morgan fingerprint density at radius 3 is 1.88 bits per heavy atom. The van der Waals surface area contributed by atoms with Crippen LogP contribution in [0.3, 0.4) is 0 Å². The van der Waals surface area contributed by atoms with Crippen LogP contribution in [0.1, 0.15) is 106 Å². The van der Waals surface area contributed by atoms with Gasteiger partial charge in [0.15, 0.2) is 0 Å². The van der Waals surface area contributed by atoms with Crippen molar-refractivity contribution in [2.45, 2.75) is 112 Å². The minimum absolute atomic E-state index is 0.00879. The van der Waals surface area contributed by atoms with Crippen LogP contribution in [-0.2, 0) is 9.53 Å². The first-order valence-corrected chi connectivity index (χ1v) is 10.8. The van der Waals surface area contributed by atoms with Gasteiger partial charge >= 0.3 is 5.97 Å². The molecule has 0 heterocycles. The third-order valence-corrected chi connectivity index (χ3v) is 5.10. The average Bonchev–Trinajstić information content (AvgIpc) is 2.57. The predicted octanol–water partition coefficient (Wildman–Crippen LogP) is 7.32. The highest BCUT2D eigenvalue weighted by atomic mass is 16.5. The summed E-state index contributed by atoms with van der Waals surface area (Å²) in [6.07, 6.45) is 16.5. The first kappa shape index (κ1) is 24.2. The van der Waals surface area contributed by atoms with Crippen molar-refractivity contribution in [3.05, 3.63) is 12.2 Å². The van der Waals surface area contributed by atoms with Crippen LogP contribution in [0.25, 0.3) is 0 Å². The van der Waals surface area contributed by atoms with Gasteiger partial charge in [0.2, 0.25) is 0 Å². The number of allylic oxidation sites excluding steroid dienone is 1. The molecule has 0 aliphatic carbocycles. The lowest BCUT2D eigenvalue weighted by atomic mass is 9.96. The van der Waals surface area contributed by atoms with Gasteiger partial charge in [-0.25, -0.2) is 0 Å². The van der Waals surface area contributed by atoms with Gasteiger partial charge in [-0.15, -0.1) is 0 Å². The van der Waals surface area contributed by atoms with Crippen molar-refractivity contribution in [1.82, 2.24) is 0 Å². The number of hydrogen-bond acceptors (Lipinski definition) is 2. The van der Waals surface area contributed by atoms with E-state index in [1.54, 1.807) is 0 Å². The minimum atomic E-state index is -0.0730. The molecule has 148 valence electrons. The molecule has 2 heteroatoms. The maximum absolute atomic E-state index is 12.6. The molecule has 0 spiro atoms. The summed E-state index contributed by atoms with van der Waals surface area (Å²) in [7, 11) is 0. The van der Waals surface area contributed by atoms with Gasteiger partial charge in [0.1, 0.15) is 6.10 Å². The number of hydrogen-bond donors (Lipinski definition) is 0. The van der Waals surface area contributed by atoms with Gasteiger partial charge in [0.05, 0.1) is 5.92 Å². The van der Waals surface area contributed by atoms with Gasteiger partial charge in [-0.2, -0.15) is 0 Å². The van der Waals surface area contributed by atoms with Gasteiger partial charge in [0, 0.05) is 0 Å². The smallest absolute Gasteiger partial charge is 0.313 e. The monoisotopic (exact) mass is 352 g/mol. The second-order valence-electron chi connectivity index (χ2n) is 8.05. The Kier molecular flexibility index (Phi) is 15.0. The molecule has 0 amide bonds. The molecule has 0 saturated carbocycles. The standard InChI is InChI=1S/C23H44O2/c1-7-9-11-13-15-20(5)17-18-22(16-14-12-10-8-2)23(24)25-21(6)19(3)4/h17-22H,7-16H2,1-6H3/b18-17-. The molecule has 0 aromatic rings. The topological polar surface area (TPSA) is 26.3 Å². The molecule has 3 atom stereocenters. The first-order valence-electron chi connectivity index (χ1n) is 10.8. The van der Waals surface area contributed by atoms with Crippen LogP contribution in [0.2, 0.25) is 0 Å². The molecule has 0 aromatic heterocycles. The molecule has 0 radical (unpaired) electrons. The van der Waals surface area contributed by atoms with E-state index in [-0.39, 0.29) is 18.0 Å². The highest BCUT2D eigenvalue weighted by molar-refractivity contribution is 5.74. The Balaban J connectivity index is 4.54. The third kappa shape index (κ3) is 13.1. The zero-order chi connectivity index (χ0) is 19.1. The normalized spacial score (nSPS) is 15.5. The second-order valence-corrected chi connectivity index (χ2v) is 8.05. The quantitative estimate of drug-likeness (QED) is 0.175. The third-order valence-electron chi connectivity index (χ3n) is 5.10. The molecule has 0 aromatic carbocycles. The molecule has 0 rings (SSSR count). The van der Waals surface area contributed by atoms with E-state index in [0.717, 1.165) is 12.8 Å². The fourth-order valence-electron chi connectivity index (χ4n) is 2.80. The van der Waals surface area contributed by atoms with Gasteiger partial charge in [-0.05, 0) is 31.6 Å². The van der Waals surface area contributed by atoms with E-state index >= 15 is 0 Å². The van der Waals surface area contributed by atoms with Crippen LogP contribution in [0.5, 0.6) is 0 Å². The summed E-state index contributed by atoms with van der Waals surface area (Å²) in [5, 5.41) is 0. The van der Waals surface area contributed by atoms with E-state index in [1.165, 1.54) is 51.4 Å². The van der Waals surface area contributed by atoms with E-state index in [0.29, 0.717) is 11.8 Å². The van der Waals surface area contributed by atoms with Crippen molar-refractivity contribution in [3.63, 3.8) is 0 Å². The van der Waals surface area contributed by atoms with Crippen molar-refractivity contribution in [3.8, 4) is 0 Å². The molecule has 3 unspecified atom stereocenters. The maximum atomic E-state index is 12.6. The van der Waals surface area contributed by atoms with E-state index in [2.05, 4.69) is 46.8 Å². The number of unbranched alkanes of at least 4 members (excludes halogenated alkanes) is 6. The lowest BCUT2D eigenvalue weighted by Crippen LogP contribution is -2.25. The SMILES string of the molecule is CCCCCCC(C)/C=C\C(CCCCCC)C(=O)OC(C)C(C)C. The van der Waals surface area contributed by atoms with Gasteiger partial charge < -0.3 is 4.74 Å². The number of carbonyl (C=O) groups is 1. The number of esters is 1. The van der Waals surface area contributed by atoms with Crippen molar-refractivity contribution in [1.29, 1.82) is 0 Å². The summed E-state index contributed by atoms with van der Waals surface area (Å²) < 4.78 is 5.69. The fraction of sp³-hybridized carbons (Fsp3) is 0.870. The molecule has 0 saturated heterocycles. The number of rotatable bonds is 15. The molecule has 25 heavy (non-hydrogen) atoms. The van der Waals surface area contributed by atoms with Gasteiger partial charge in [-0.1, -0.05) is 98.1 Å². The molecular weight excluding hydrogens is 308 g/mol. The summed E-state index contributed by atoms with van der Waals surface area (Å²) >= 11 is 0. The molecule has 2 nitrogen and oxygen atoms in total. The van der Waals surface area contributed by atoms with Crippen molar-refractivity contribution in [2.75, 3.05) is 0 Å². The van der Waals surface area contributed by atoms with Crippen molar-refractivity contribution >= 4 is 5.97 Å². The largest absolute Gasteiger partial charge is 0.462 e. The molecular formula is C23H44O2. The average molecular weight is 353 g/mol. The predicted molar refractivity (Wildman–Crippen MR) is 110 cm³/mol. The highest BCUT2D eigenvalue weighted by Gasteiger charge is 2.20. The van der Waals surface area contributed by atoms with Crippen LogP contribution < -0.4 is 0 Å². The van der Waals surface area contributed by atoms with Gasteiger partial charge in [-0.3, -0.25) is 4.79 Å². The van der Waals surface area contributed by atoms with Crippen LogP contribution in [0.15, 0.2) is 12.2 Å². The molecule has 0 aliphatic rings. The summed E-state index contributed by atoms with van der Waals surface area (Å²) in [6, 6.07) is 0. The summed E-state index contributed by atoms with van der Waals surface area (Å²) in [5.41, 5.74) is 0. The first-order chi connectivity index (χ1) is 11.9.